The van der Waals surface area contributed by atoms with E-state index in [1.807, 2.05) is 35.6 Å². The minimum absolute atomic E-state index is 0.383. The summed E-state index contributed by atoms with van der Waals surface area (Å²) in [6, 6.07) is 10.5. The highest BCUT2D eigenvalue weighted by Gasteiger charge is 2.28. The van der Waals surface area contributed by atoms with Gasteiger partial charge in [-0.05, 0) is 66.3 Å². The van der Waals surface area contributed by atoms with E-state index in [-0.39, 0.29) is 0 Å². The van der Waals surface area contributed by atoms with Gasteiger partial charge in [-0.1, -0.05) is 6.92 Å². The molecule has 0 bridgehead atoms. The first-order valence-corrected chi connectivity index (χ1v) is 8.79. The fourth-order valence-corrected chi connectivity index (χ4v) is 4.21. The number of hydrogen-bond donors (Lipinski definition) is 1. The van der Waals surface area contributed by atoms with Gasteiger partial charge in [-0.25, -0.2) is 0 Å². The van der Waals surface area contributed by atoms with Crippen molar-refractivity contribution in [3.8, 4) is 5.75 Å². The SMILES string of the molecule is CC[C@@H]1c2ccsc2CCN1C(=S)Nc1ccc(OC)cc1. The Bertz CT molecular complexity index is 651. The maximum Gasteiger partial charge on any atom is 0.173 e. The lowest BCUT2D eigenvalue weighted by atomic mass is 9.98. The zero-order valence-corrected chi connectivity index (χ0v) is 14.5. The molecule has 0 radical (unpaired) electrons. The summed E-state index contributed by atoms with van der Waals surface area (Å²) in [5, 5.41) is 6.35. The van der Waals surface area contributed by atoms with E-state index in [0.29, 0.717) is 6.04 Å². The van der Waals surface area contributed by atoms with Crippen LogP contribution in [0.3, 0.4) is 0 Å². The fraction of sp³-hybridized carbons (Fsp3) is 0.353. The second-order valence-electron chi connectivity index (χ2n) is 5.33. The number of anilines is 1. The third-order valence-electron chi connectivity index (χ3n) is 4.08. The molecule has 0 saturated carbocycles. The summed E-state index contributed by atoms with van der Waals surface area (Å²) >= 11 is 7.51. The number of methoxy groups -OCH3 is 1. The summed E-state index contributed by atoms with van der Waals surface area (Å²) in [6.07, 6.45) is 2.14. The first-order chi connectivity index (χ1) is 10.7. The van der Waals surface area contributed by atoms with Crippen molar-refractivity contribution in [3.05, 3.63) is 46.2 Å². The third-order valence-corrected chi connectivity index (χ3v) is 5.42. The van der Waals surface area contributed by atoms with Crippen molar-refractivity contribution in [1.29, 1.82) is 0 Å². The summed E-state index contributed by atoms with van der Waals surface area (Å²) < 4.78 is 5.19. The van der Waals surface area contributed by atoms with Gasteiger partial charge in [0.15, 0.2) is 5.11 Å². The van der Waals surface area contributed by atoms with Crippen molar-refractivity contribution in [2.75, 3.05) is 19.0 Å². The zero-order valence-electron chi connectivity index (χ0n) is 12.8. The van der Waals surface area contributed by atoms with Crippen molar-refractivity contribution in [1.82, 2.24) is 4.90 Å². The molecule has 1 aliphatic heterocycles. The molecule has 2 aromatic rings. The van der Waals surface area contributed by atoms with Crippen LogP contribution in [0.25, 0.3) is 0 Å². The topological polar surface area (TPSA) is 24.5 Å². The summed E-state index contributed by atoms with van der Waals surface area (Å²) in [5.74, 6) is 0.851. The van der Waals surface area contributed by atoms with Gasteiger partial charge in [-0.3, -0.25) is 0 Å². The summed E-state index contributed by atoms with van der Waals surface area (Å²) in [7, 11) is 1.67. The van der Waals surface area contributed by atoms with Crippen molar-refractivity contribution in [3.63, 3.8) is 0 Å². The summed E-state index contributed by atoms with van der Waals surface area (Å²) in [6.45, 7) is 3.20. The van der Waals surface area contributed by atoms with Crippen LogP contribution in [0.1, 0.15) is 29.8 Å². The van der Waals surface area contributed by atoms with Crippen molar-refractivity contribution in [2.24, 2.45) is 0 Å². The van der Waals surface area contributed by atoms with Gasteiger partial charge < -0.3 is 15.0 Å². The lowest BCUT2D eigenvalue weighted by Crippen LogP contribution is -2.41. The van der Waals surface area contributed by atoms with Gasteiger partial charge in [-0.15, -0.1) is 11.3 Å². The molecule has 0 fully saturated rings. The van der Waals surface area contributed by atoms with E-state index in [2.05, 4.69) is 28.6 Å². The van der Waals surface area contributed by atoms with E-state index < -0.39 is 0 Å². The largest absolute Gasteiger partial charge is 0.497 e. The number of fused-ring (bicyclic) bond motifs is 1. The lowest BCUT2D eigenvalue weighted by molar-refractivity contribution is 0.298. The van der Waals surface area contributed by atoms with Crippen LogP contribution in [-0.2, 0) is 6.42 Å². The molecule has 22 heavy (non-hydrogen) atoms. The van der Waals surface area contributed by atoms with Crippen LogP contribution >= 0.6 is 23.6 Å². The molecular weight excluding hydrogens is 312 g/mol. The number of nitrogens with one attached hydrogen (secondary N) is 1. The zero-order chi connectivity index (χ0) is 15.5. The van der Waals surface area contributed by atoms with Gasteiger partial charge in [0.1, 0.15) is 5.75 Å². The average Bonchev–Trinajstić information content (AvgIpc) is 3.03. The maximum absolute atomic E-state index is 5.65. The molecule has 0 aliphatic carbocycles. The molecule has 1 N–H and O–H groups in total. The highest BCUT2D eigenvalue weighted by molar-refractivity contribution is 7.80. The Kier molecular flexibility index (Phi) is 4.64. The van der Waals surface area contributed by atoms with Crippen molar-refractivity contribution < 1.29 is 4.74 Å². The number of thiocarbonyl (C=S) groups is 1. The molecule has 1 aromatic carbocycles. The Morgan fingerprint density at radius 3 is 2.82 bits per heavy atom. The molecule has 5 heteroatoms. The number of nitrogens with zero attached hydrogens (tertiary/aromatic N) is 1. The van der Waals surface area contributed by atoms with E-state index in [1.54, 1.807) is 7.11 Å². The first-order valence-electron chi connectivity index (χ1n) is 7.51. The van der Waals surface area contributed by atoms with E-state index in [4.69, 9.17) is 17.0 Å². The minimum Gasteiger partial charge on any atom is -0.497 e. The Morgan fingerprint density at radius 1 is 1.36 bits per heavy atom. The summed E-state index contributed by atoms with van der Waals surface area (Å²) in [5.41, 5.74) is 2.44. The van der Waals surface area contributed by atoms with Crippen LogP contribution in [0.2, 0.25) is 0 Å². The van der Waals surface area contributed by atoms with E-state index in [0.717, 1.165) is 35.9 Å². The Balaban J connectivity index is 1.74. The number of ether oxygens (including phenoxy) is 1. The molecule has 0 amide bonds. The van der Waals surface area contributed by atoms with Gasteiger partial charge in [0, 0.05) is 17.1 Å². The van der Waals surface area contributed by atoms with Gasteiger partial charge in [-0.2, -0.15) is 0 Å². The first kappa shape index (κ1) is 15.3. The predicted octanol–water partition coefficient (Wildman–Crippen LogP) is 4.46. The normalized spacial score (nSPS) is 17.0. The molecule has 1 atom stereocenters. The molecule has 1 aromatic heterocycles. The second kappa shape index (κ2) is 6.67. The smallest absolute Gasteiger partial charge is 0.173 e. The predicted molar refractivity (Wildman–Crippen MR) is 97.0 cm³/mol. The second-order valence-corrected chi connectivity index (χ2v) is 6.71. The van der Waals surface area contributed by atoms with E-state index >= 15 is 0 Å². The molecule has 3 nitrogen and oxygen atoms in total. The van der Waals surface area contributed by atoms with Crippen LogP contribution in [-0.4, -0.2) is 23.7 Å². The van der Waals surface area contributed by atoms with Crippen LogP contribution in [0.5, 0.6) is 5.75 Å². The number of hydrogen-bond acceptors (Lipinski definition) is 3. The standard InChI is InChI=1S/C17H20N2OS2/c1-3-15-14-9-11-22-16(14)8-10-19(15)17(21)18-12-4-6-13(20-2)7-5-12/h4-7,9,11,15H,3,8,10H2,1-2H3,(H,18,21)/t15-/m1/s1. The average molecular weight is 332 g/mol. The van der Waals surface area contributed by atoms with Gasteiger partial charge in [0.05, 0.1) is 13.2 Å². The molecule has 3 rings (SSSR count). The molecule has 0 spiro atoms. The molecular formula is C17H20N2OS2. The number of thiophene rings is 1. The number of rotatable bonds is 3. The molecule has 0 unspecified atom stereocenters. The fourth-order valence-electron chi connectivity index (χ4n) is 2.95. The van der Waals surface area contributed by atoms with Gasteiger partial charge in [0.2, 0.25) is 0 Å². The highest BCUT2D eigenvalue weighted by atomic mass is 32.1. The summed E-state index contributed by atoms with van der Waals surface area (Å²) in [4.78, 5) is 3.82. The highest BCUT2D eigenvalue weighted by Crippen LogP contribution is 2.35. The van der Waals surface area contributed by atoms with Gasteiger partial charge in [0.25, 0.3) is 0 Å². The van der Waals surface area contributed by atoms with E-state index in [9.17, 15) is 0 Å². The molecule has 1 aliphatic rings. The molecule has 0 saturated heterocycles. The van der Waals surface area contributed by atoms with Crippen LogP contribution < -0.4 is 10.1 Å². The van der Waals surface area contributed by atoms with Crippen molar-refractivity contribution in [2.45, 2.75) is 25.8 Å². The Labute approximate surface area is 140 Å². The molecule has 2 heterocycles. The van der Waals surface area contributed by atoms with Crippen molar-refractivity contribution >= 4 is 34.4 Å². The van der Waals surface area contributed by atoms with E-state index in [1.165, 1.54) is 10.4 Å². The Hall–Kier alpha value is -1.59. The lowest BCUT2D eigenvalue weighted by Gasteiger charge is -2.37. The molecule has 116 valence electrons. The monoisotopic (exact) mass is 332 g/mol. The Morgan fingerprint density at radius 2 is 2.14 bits per heavy atom. The number of benzene rings is 1. The third kappa shape index (κ3) is 2.96. The maximum atomic E-state index is 5.65. The minimum atomic E-state index is 0.383. The van der Waals surface area contributed by atoms with Crippen LogP contribution in [0, 0.1) is 0 Å². The van der Waals surface area contributed by atoms with Gasteiger partial charge >= 0.3 is 0 Å². The quantitative estimate of drug-likeness (QED) is 0.839. The van der Waals surface area contributed by atoms with Crippen LogP contribution in [0.4, 0.5) is 5.69 Å². The van der Waals surface area contributed by atoms with Crippen LogP contribution in [0.15, 0.2) is 35.7 Å².